The molecule has 1 aliphatic carbocycles. The van der Waals surface area contributed by atoms with Crippen molar-refractivity contribution in [3.63, 3.8) is 0 Å². The van der Waals surface area contributed by atoms with Crippen molar-refractivity contribution in [3.8, 4) is 0 Å². The standard InChI is InChI=1S/C35H36Cl2FN5O5/c36-21-12-15-24-26(19-21)41-33(47)35(24)28(23-7-6-8-25(37)29(23)38)30(42-34(35)16-3-1-4-17-34)32(46)40-22-13-10-20(11-14-22)31(45)39-18-5-2-9-27(44)43-48/h6-8,10-15,19,28,30,42,48H,1-5,9,16-18H2,(H,39,45)(H,40,46)(H,41,47)(H,43,44)/t28-,30+,35+/m0/s1. The van der Waals surface area contributed by atoms with Gasteiger partial charge in [-0.3, -0.25) is 29.7 Å². The Balaban J connectivity index is 1.31. The van der Waals surface area contributed by atoms with Crippen molar-refractivity contribution in [1.82, 2.24) is 16.1 Å². The number of halogens is 3. The minimum absolute atomic E-state index is 0.106. The number of benzene rings is 3. The van der Waals surface area contributed by atoms with Gasteiger partial charge in [-0.05, 0) is 79.3 Å². The maximum Gasteiger partial charge on any atom is 0.251 e. The van der Waals surface area contributed by atoms with Crippen LogP contribution in [0.3, 0.4) is 0 Å². The fraction of sp³-hybridized carbons (Fsp3) is 0.371. The predicted octanol–water partition coefficient (Wildman–Crippen LogP) is 5.83. The number of carbonyl (C=O) groups is 4. The van der Waals surface area contributed by atoms with Crippen LogP contribution in [0.1, 0.15) is 78.8 Å². The molecule has 1 saturated heterocycles. The largest absolute Gasteiger partial charge is 0.352 e. The van der Waals surface area contributed by atoms with Gasteiger partial charge in [0.25, 0.3) is 5.91 Å². The molecule has 13 heteroatoms. The second kappa shape index (κ2) is 13.8. The molecule has 48 heavy (non-hydrogen) atoms. The normalized spacial score (nSPS) is 22.3. The highest BCUT2D eigenvalue weighted by molar-refractivity contribution is 6.31. The van der Waals surface area contributed by atoms with Crippen LogP contribution in [0.2, 0.25) is 10.0 Å². The summed E-state index contributed by atoms with van der Waals surface area (Å²) in [5.41, 5.74) is 1.53. The first kappa shape index (κ1) is 33.9. The number of amides is 4. The zero-order valence-electron chi connectivity index (χ0n) is 26.0. The molecule has 0 bridgehead atoms. The highest BCUT2D eigenvalue weighted by Gasteiger charge is 2.72. The molecule has 2 aliphatic heterocycles. The molecule has 2 spiro atoms. The molecule has 252 valence electrons. The molecule has 0 radical (unpaired) electrons. The Kier molecular flexibility index (Phi) is 9.76. The van der Waals surface area contributed by atoms with Crippen LogP contribution in [0.4, 0.5) is 15.8 Å². The predicted molar refractivity (Wildman–Crippen MR) is 180 cm³/mol. The van der Waals surface area contributed by atoms with Crippen molar-refractivity contribution < 1.29 is 28.8 Å². The van der Waals surface area contributed by atoms with E-state index in [4.69, 9.17) is 28.4 Å². The maximum absolute atomic E-state index is 16.1. The summed E-state index contributed by atoms with van der Waals surface area (Å²) in [7, 11) is 0. The van der Waals surface area contributed by atoms with Crippen molar-refractivity contribution >= 4 is 58.2 Å². The van der Waals surface area contributed by atoms with Crippen molar-refractivity contribution in [1.29, 1.82) is 0 Å². The van der Waals surface area contributed by atoms with E-state index in [0.29, 0.717) is 59.8 Å². The molecule has 6 N–H and O–H groups in total. The third-order valence-electron chi connectivity index (χ3n) is 9.96. The summed E-state index contributed by atoms with van der Waals surface area (Å²) in [5, 5.41) is 21.2. The molecule has 3 atom stereocenters. The van der Waals surface area contributed by atoms with Crippen molar-refractivity contribution in [2.75, 3.05) is 17.2 Å². The summed E-state index contributed by atoms with van der Waals surface area (Å²) in [6.45, 7) is 0.344. The third-order valence-corrected chi connectivity index (χ3v) is 10.5. The third kappa shape index (κ3) is 5.93. The number of rotatable bonds is 9. The molecule has 3 aromatic rings. The summed E-state index contributed by atoms with van der Waals surface area (Å²) >= 11 is 12.7. The van der Waals surface area contributed by atoms with Gasteiger partial charge in [-0.2, -0.15) is 0 Å². The van der Waals surface area contributed by atoms with Crippen LogP contribution in [0.5, 0.6) is 0 Å². The van der Waals surface area contributed by atoms with Crippen LogP contribution in [0.25, 0.3) is 0 Å². The molecule has 0 aromatic heterocycles. The number of unbranched alkanes of at least 4 members (excludes halogenated alkanes) is 1. The highest BCUT2D eigenvalue weighted by atomic mass is 35.5. The number of hydroxylamine groups is 1. The van der Waals surface area contributed by atoms with Crippen LogP contribution < -0.4 is 26.7 Å². The lowest BCUT2D eigenvalue weighted by Crippen LogP contribution is -2.60. The molecule has 6 rings (SSSR count). The van der Waals surface area contributed by atoms with Gasteiger partial charge in [-0.25, -0.2) is 9.87 Å². The summed E-state index contributed by atoms with van der Waals surface area (Å²) < 4.78 is 16.1. The van der Waals surface area contributed by atoms with Gasteiger partial charge in [-0.1, -0.05) is 60.7 Å². The van der Waals surface area contributed by atoms with Crippen LogP contribution in [-0.4, -0.2) is 47.0 Å². The summed E-state index contributed by atoms with van der Waals surface area (Å²) in [6, 6.07) is 15.2. The van der Waals surface area contributed by atoms with Gasteiger partial charge >= 0.3 is 0 Å². The van der Waals surface area contributed by atoms with Gasteiger partial charge < -0.3 is 16.0 Å². The molecule has 0 unspecified atom stereocenters. The van der Waals surface area contributed by atoms with Gasteiger partial charge in [0, 0.05) is 46.4 Å². The number of hydrogen-bond donors (Lipinski definition) is 6. The molecule has 1 saturated carbocycles. The fourth-order valence-electron chi connectivity index (χ4n) is 7.91. The Hall–Kier alpha value is -4.03. The number of hydrogen-bond acceptors (Lipinski definition) is 6. The van der Waals surface area contributed by atoms with E-state index in [-0.39, 0.29) is 28.8 Å². The van der Waals surface area contributed by atoms with Crippen molar-refractivity contribution in [3.05, 3.63) is 93.2 Å². The van der Waals surface area contributed by atoms with Crippen LogP contribution in [0, 0.1) is 5.82 Å². The molecular formula is C35H36Cl2FN5O5. The van der Waals surface area contributed by atoms with E-state index in [9.17, 15) is 19.2 Å². The molecule has 3 aliphatic rings. The lowest BCUT2D eigenvalue weighted by Gasteiger charge is -2.47. The number of carbonyl (C=O) groups excluding carboxylic acids is 4. The van der Waals surface area contributed by atoms with E-state index >= 15 is 4.39 Å². The minimum atomic E-state index is -1.34. The van der Waals surface area contributed by atoms with Crippen LogP contribution in [-0.2, 0) is 19.8 Å². The quantitative estimate of drug-likeness (QED) is 0.0944. The highest BCUT2D eigenvalue weighted by Crippen LogP contribution is 2.62. The number of anilines is 2. The average Bonchev–Trinajstić information content (AvgIpc) is 3.53. The Morgan fingerprint density at radius 3 is 2.46 bits per heavy atom. The monoisotopic (exact) mass is 695 g/mol. The van der Waals surface area contributed by atoms with Crippen LogP contribution in [0.15, 0.2) is 60.7 Å². The summed E-state index contributed by atoms with van der Waals surface area (Å²) in [4.78, 5) is 52.6. The zero-order chi connectivity index (χ0) is 34.1. The molecular weight excluding hydrogens is 660 g/mol. The van der Waals surface area contributed by atoms with Gasteiger partial charge in [0.1, 0.15) is 11.2 Å². The Labute approximate surface area is 287 Å². The van der Waals surface area contributed by atoms with Crippen molar-refractivity contribution in [2.24, 2.45) is 0 Å². The lowest BCUT2D eigenvalue weighted by molar-refractivity contribution is -0.129. The van der Waals surface area contributed by atoms with E-state index < -0.39 is 40.5 Å². The number of nitrogens with one attached hydrogen (secondary N) is 5. The van der Waals surface area contributed by atoms with E-state index in [1.807, 2.05) is 0 Å². The van der Waals surface area contributed by atoms with Gasteiger partial charge in [0.2, 0.25) is 17.7 Å². The van der Waals surface area contributed by atoms with Gasteiger partial charge in [0.15, 0.2) is 0 Å². The second-order valence-corrected chi connectivity index (χ2v) is 13.5. The van der Waals surface area contributed by atoms with E-state index in [1.54, 1.807) is 60.1 Å². The summed E-state index contributed by atoms with van der Waals surface area (Å²) in [5.74, 6) is -3.23. The first-order chi connectivity index (χ1) is 23.1. The Morgan fingerprint density at radius 1 is 0.979 bits per heavy atom. The second-order valence-electron chi connectivity index (χ2n) is 12.7. The SMILES string of the molecule is O=C(CCCCNC(=O)c1ccc(NC(=O)[C@@H]2NC3(CCCCC3)[C@@]3(C(=O)Nc4cc(Cl)ccc43)[C@H]2c2cccc(Cl)c2F)cc1)NO. The zero-order valence-corrected chi connectivity index (χ0v) is 27.5. The molecule has 2 heterocycles. The molecule has 3 aromatic carbocycles. The van der Waals surface area contributed by atoms with Gasteiger partial charge in [-0.15, -0.1) is 0 Å². The van der Waals surface area contributed by atoms with Crippen LogP contribution >= 0.6 is 23.2 Å². The number of fused-ring (bicyclic) bond motifs is 3. The van der Waals surface area contributed by atoms with E-state index in [1.165, 1.54) is 6.07 Å². The fourth-order valence-corrected chi connectivity index (χ4v) is 8.27. The summed E-state index contributed by atoms with van der Waals surface area (Å²) in [6.07, 6.45) is 5.02. The Morgan fingerprint density at radius 2 is 1.73 bits per heavy atom. The van der Waals surface area contributed by atoms with E-state index in [0.717, 1.165) is 19.3 Å². The average molecular weight is 697 g/mol. The molecule has 2 fully saturated rings. The molecule has 4 amide bonds. The van der Waals surface area contributed by atoms with E-state index in [2.05, 4.69) is 21.3 Å². The first-order valence-corrected chi connectivity index (χ1v) is 16.8. The topological polar surface area (TPSA) is 149 Å². The maximum atomic E-state index is 16.1. The molecule has 10 nitrogen and oxygen atoms in total. The van der Waals surface area contributed by atoms with Gasteiger partial charge in [0.05, 0.1) is 11.1 Å². The lowest BCUT2D eigenvalue weighted by atomic mass is 9.55. The minimum Gasteiger partial charge on any atom is -0.352 e. The smallest absolute Gasteiger partial charge is 0.251 e. The van der Waals surface area contributed by atoms with Crippen molar-refractivity contribution in [2.45, 2.75) is 74.3 Å². The first-order valence-electron chi connectivity index (χ1n) is 16.1. The Bertz CT molecular complexity index is 1750.